The van der Waals surface area contributed by atoms with Gasteiger partial charge in [0.05, 0.1) is 13.1 Å². The monoisotopic (exact) mass is 262 g/mol. The van der Waals surface area contributed by atoms with Crippen molar-refractivity contribution in [2.75, 3.05) is 13.1 Å². The summed E-state index contributed by atoms with van der Waals surface area (Å²) in [5.74, 6) is 6.22. The minimum atomic E-state index is 0.277. The second-order valence-corrected chi connectivity index (χ2v) is 5.39. The normalized spacial score (nSPS) is 16.1. The number of hydrogen-bond donors (Lipinski definition) is 1. The molecule has 1 saturated heterocycles. The van der Waals surface area contributed by atoms with Crippen LogP contribution in [-0.4, -0.2) is 23.9 Å². The number of thiophene rings is 1. The van der Waals surface area contributed by atoms with Gasteiger partial charge in [0.15, 0.2) is 0 Å². The van der Waals surface area contributed by atoms with Gasteiger partial charge in [-0.1, -0.05) is 18.3 Å². The van der Waals surface area contributed by atoms with Gasteiger partial charge in [0.25, 0.3) is 0 Å². The van der Waals surface area contributed by atoms with Gasteiger partial charge in [0, 0.05) is 23.4 Å². The summed E-state index contributed by atoms with van der Waals surface area (Å²) in [4.78, 5) is 15.1. The highest BCUT2D eigenvalue weighted by Gasteiger charge is 2.18. The van der Waals surface area contributed by atoms with Crippen molar-refractivity contribution in [1.29, 1.82) is 0 Å². The zero-order valence-corrected chi connectivity index (χ0v) is 11.3. The molecule has 1 aromatic heterocycles. The molecule has 1 aromatic rings. The summed E-state index contributed by atoms with van der Waals surface area (Å²) in [6, 6.07) is 2.00. The minimum Gasteiger partial charge on any atom is -0.338 e. The van der Waals surface area contributed by atoms with E-state index in [4.69, 9.17) is 5.73 Å². The van der Waals surface area contributed by atoms with E-state index in [1.807, 2.05) is 16.3 Å². The topological polar surface area (TPSA) is 46.3 Å². The van der Waals surface area contributed by atoms with Crippen LogP contribution < -0.4 is 5.73 Å². The maximum absolute atomic E-state index is 11.9. The Morgan fingerprint density at radius 3 is 3.11 bits per heavy atom. The van der Waals surface area contributed by atoms with Crippen LogP contribution in [0.2, 0.25) is 0 Å². The van der Waals surface area contributed by atoms with Gasteiger partial charge < -0.3 is 10.6 Å². The summed E-state index contributed by atoms with van der Waals surface area (Å²) in [7, 11) is 0. The Bertz CT molecular complexity index is 470. The quantitative estimate of drug-likeness (QED) is 0.828. The van der Waals surface area contributed by atoms with Crippen molar-refractivity contribution >= 4 is 17.2 Å². The number of carbonyl (C=O) groups excluding carboxylic acids is 1. The fourth-order valence-electron chi connectivity index (χ4n) is 2.10. The lowest BCUT2D eigenvalue weighted by Gasteiger charge is -2.19. The molecule has 18 heavy (non-hydrogen) atoms. The van der Waals surface area contributed by atoms with Gasteiger partial charge in [0.1, 0.15) is 0 Å². The van der Waals surface area contributed by atoms with Crippen LogP contribution in [0.1, 0.15) is 36.1 Å². The van der Waals surface area contributed by atoms with Crippen molar-refractivity contribution in [3.05, 3.63) is 21.9 Å². The van der Waals surface area contributed by atoms with Crippen LogP contribution in [0.25, 0.3) is 0 Å². The van der Waals surface area contributed by atoms with Gasteiger partial charge in [-0.2, -0.15) is 0 Å². The maximum Gasteiger partial charge on any atom is 0.222 e. The van der Waals surface area contributed by atoms with Crippen LogP contribution in [-0.2, 0) is 11.3 Å². The summed E-state index contributed by atoms with van der Waals surface area (Å²) < 4.78 is 0. The van der Waals surface area contributed by atoms with Crippen LogP contribution in [0.3, 0.4) is 0 Å². The van der Waals surface area contributed by atoms with E-state index in [1.165, 1.54) is 4.88 Å². The Labute approximate surface area is 112 Å². The summed E-state index contributed by atoms with van der Waals surface area (Å²) in [5.41, 5.74) is 6.40. The molecule has 1 fully saturated rings. The number of carbonyl (C=O) groups is 1. The van der Waals surface area contributed by atoms with Crippen LogP contribution >= 0.6 is 11.3 Å². The largest absolute Gasteiger partial charge is 0.338 e. The van der Waals surface area contributed by atoms with E-state index in [0.29, 0.717) is 19.5 Å². The molecule has 1 aliphatic rings. The van der Waals surface area contributed by atoms with E-state index >= 15 is 0 Å². The molecule has 1 aliphatic heterocycles. The third kappa shape index (κ3) is 3.34. The Morgan fingerprint density at radius 1 is 1.39 bits per heavy atom. The number of rotatable bonds is 2. The van der Waals surface area contributed by atoms with Crippen LogP contribution in [0.15, 0.2) is 11.4 Å². The molecule has 0 bridgehead atoms. The highest BCUT2D eigenvalue weighted by Crippen LogP contribution is 2.20. The molecule has 96 valence electrons. The van der Waals surface area contributed by atoms with Crippen molar-refractivity contribution in [2.45, 2.75) is 32.2 Å². The zero-order valence-electron chi connectivity index (χ0n) is 10.4. The van der Waals surface area contributed by atoms with Crippen molar-refractivity contribution in [3.63, 3.8) is 0 Å². The van der Waals surface area contributed by atoms with E-state index in [0.717, 1.165) is 31.4 Å². The lowest BCUT2D eigenvalue weighted by Crippen LogP contribution is -2.29. The second-order valence-electron chi connectivity index (χ2n) is 4.39. The van der Waals surface area contributed by atoms with Crippen molar-refractivity contribution in [2.24, 2.45) is 5.73 Å². The fraction of sp³-hybridized carbons (Fsp3) is 0.500. The first-order chi connectivity index (χ1) is 8.81. The maximum atomic E-state index is 11.9. The molecule has 0 unspecified atom stereocenters. The average molecular weight is 262 g/mol. The minimum absolute atomic E-state index is 0.277. The van der Waals surface area contributed by atoms with Gasteiger partial charge in [-0.05, 0) is 24.3 Å². The van der Waals surface area contributed by atoms with Gasteiger partial charge >= 0.3 is 0 Å². The lowest BCUT2D eigenvalue weighted by atomic mass is 10.2. The third-order valence-electron chi connectivity index (χ3n) is 3.08. The van der Waals surface area contributed by atoms with E-state index in [-0.39, 0.29) is 5.91 Å². The molecular weight excluding hydrogens is 244 g/mol. The molecule has 3 nitrogen and oxygen atoms in total. The van der Waals surface area contributed by atoms with Gasteiger partial charge in [0.2, 0.25) is 5.91 Å². The fourth-order valence-corrected chi connectivity index (χ4v) is 2.94. The highest BCUT2D eigenvalue weighted by atomic mass is 32.1. The zero-order chi connectivity index (χ0) is 12.8. The molecule has 2 heterocycles. The molecule has 0 radical (unpaired) electrons. The Morgan fingerprint density at radius 2 is 2.28 bits per heavy atom. The van der Waals surface area contributed by atoms with Crippen LogP contribution in [0.4, 0.5) is 0 Å². The first-order valence-electron chi connectivity index (χ1n) is 6.34. The smallest absolute Gasteiger partial charge is 0.222 e. The molecule has 0 saturated carbocycles. The Hall–Kier alpha value is -1.31. The number of nitrogens with zero attached hydrogens (tertiary/aromatic N) is 1. The molecule has 1 amide bonds. The summed E-state index contributed by atoms with van der Waals surface area (Å²) in [5, 5.41) is 2.03. The first kappa shape index (κ1) is 13.1. The van der Waals surface area contributed by atoms with Crippen molar-refractivity contribution in [3.8, 4) is 11.8 Å². The second kappa shape index (κ2) is 6.58. The van der Waals surface area contributed by atoms with Gasteiger partial charge in [-0.15, -0.1) is 11.3 Å². The third-order valence-corrected chi connectivity index (χ3v) is 3.98. The SMILES string of the molecule is NCC#Cc1ccsc1CN1CCCCCC1=O. The van der Waals surface area contributed by atoms with Crippen LogP contribution in [0.5, 0.6) is 0 Å². The van der Waals surface area contributed by atoms with E-state index in [1.54, 1.807) is 11.3 Å². The molecule has 2 N–H and O–H groups in total. The van der Waals surface area contributed by atoms with Gasteiger partial charge in [-0.3, -0.25) is 4.79 Å². The lowest BCUT2D eigenvalue weighted by molar-refractivity contribution is -0.131. The van der Waals surface area contributed by atoms with E-state index < -0.39 is 0 Å². The van der Waals surface area contributed by atoms with Crippen molar-refractivity contribution in [1.82, 2.24) is 4.90 Å². The van der Waals surface area contributed by atoms with E-state index in [9.17, 15) is 4.79 Å². The number of amides is 1. The molecular formula is C14H18N2OS. The van der Waals surface area contributed by atoms with Crippen LogP contribution in [0, 0.1) is 11.8 Å². The standard InChI is InChI=1S/C14H18N2OS/c15-8-4-5-12-7-10-18-13(12)11-16-9-3-1-2-6-14(16)17/h7,10H,1-3,6,8-9,11,15H2. The van der Waals surface area contributed by atoms with Crippen molar-refractivity contribution < 1.29 is 4.79 Å². The number of hydrogen-bond acceptors (Lipinski definition) is 3. The molecule has 0 atom stereocenters. The summed E-state index contributed by atoms with van der Waals surface area (Å²) >= 11 is 1.67. The molecule has 4 heteroatoms. The Kier molecular flexibility index (Phi) is 4.80. The summed E-state index contributed by atoms with van der Waals surface area (Å²) in [6.45, 7) is 1.95. The first-order valence-corrected chi connectivity index (χ1v) is 7.22. The molecule has 2 rings (SSSR count). The molecule has 0 spiro atoms. The molecule has 0 aromatic carbocycles. The van der Waals surface area contributed by atoms with Gasteiger partial charge in [-0.25, -0.2) is 0 Å². The highest BCUT2D eigenvalue weighted by molar-refractivity contribution is 7.10. The predicted molar refractivity (Wildman–Crippen MR) is 74.1 cm³/mol. The summed E-state index contributed by atoms with van der Waals surface area (Å²) in [6.07, 6.45) is 3.99. The number of nitrogens with two attached hydrogens (primary N) is 1. The predicted octanol–water partition coefficient (Wildman–Crippen LogP) is 1.96. The molecule has 0 aliphatic carbocycles. The van der Waals surface area contributed by atoms with E-state index in [2.05, 4.69) is 11.8 Å². The average Bonchev–Trinajstić information content (AvgIpc) is 2.71. The Balaban J connectivity index is 2.08. The number of likely N-dealkylation sites (tertiary alicyclic amines) is 1.